The second-order valence-corrected chi connectivity index (χ2v) is 6.49. The predicted octanol–water partition coefficient (Wildman–Crippen LogP) is 1.86. The maximum absolute atomic E-state index is 12.4. The third kappa shape index (κ3) is 3.43. The lowest BCUT2D eigenvalue weighted by molar-refractivity contribution is 0.600. The van der Waals surface area contributed by atoms with Gasteiger partial charge in [0.2, 0.25) is 0 Å². The Bertz CT molecular complexity index is 722. The van der Waals surface area contributed by atoms with Crippen LogP contribution in [0.5, 0.6) is 0 Å². The summed E-state index contributed by atoms with van der Waals surface area (Å²) in [5.74, 6) is 0. The molecule has 3 N–H and O–H groups in total. The van der Waals surface area contributed by atoms with Crippen molar-refractivity contribution >= 4 is 15.7 Å². The van der Waals surface area contributed by atoms with Gasteiger partial charge < -0.3 is 10.3 Å². The van der Waals surface area contributed by atoms with E-state index in [9.17, 15) is 8.42 Å². The van der Waals surface area contributed by atoms with E-state index in [1.165, 1.54) is 0 Å². The van der Waals surface area contributed by atoms with Crippen LogP contribution < -0.4 is 10.5 Å². The summed E-state index contributed by atoms with van der Waals surface area (Å²) in [6.07, 6.45) is 4.16. The Balaban J connectivity index is 2.34. The molecule has 0 aliphatic heterocycles. The van der Waals surface area contributed by atoms with E-state index >= 15 is 0 Å². The highest BCUT2D eigenvalue weighted by Crippen LogP contribution is 2.20. The number of aryl methyl sites for hydroxylation is 2. The summed E-state index contributed by atoms with van der Waals surface area (Å²) in [5, 5.41) is 0. The quantitative estimate of drug-likeness (QED) is 0.852. The van der Waals surface area contributed by atoms with Gasteiger partial charge in [-0.15, -0.1) is 0 Å². The first kappa shape index (κ1) is 15.5. The van der Waals surface area contributed by atoms with Gasteiger partial charge in [-0.1, -0.05) is 6.92 Å². The molecule has 0 aliphatic rings. The monoisotopic (exact) mass is 308 g/mol. The average molecular weight is 308 g/mol. The first-order chi connectivity index (χ1) is 9.97. The van der Waals surface area contributed by atoms with Crippen LogP contribution in [0.25, 0.3) is 0 Å². The van der Waals surface area contributed by atoms with Crippen molar-refractivity contribution in [2.75, 3.05) is 4.72 Å². The van der Waals surface area contributed by atoms with Crippen LogP contribution in [0, 0.1) is 6.92 Å². The van der Waals surface area contributed by atoms with Gasteiger partial charge in [-0.25, -0.2) is 8.42 Å². The number of anilines is 1. The minimum absolute atomic E-state index is 0.222. The molecule has 0 atom stereocenters. The van der Waals surface area contributed by atoms with Gasteiger partial charge >= 0.3 is 0 Å². The topological polar surface area (TPSA) is 90.0 Å². The van der Waals surface area contributed by atoms with Crippen LogP contribution in [0.4, 0.5) is 5.69 Å². The molecule has 0 aromatic carbocycles. The molecule has 0 amide bonds. The lowest BCUT2D eigenvalue weighted by atomic mass is 10.3. The van der Waals surface area contributed by atoms with Gasteiger partial charge in [0.05, 0.1) is 11.4 Å². The average Bonchev–Trinajstić information content (AvgIpc) is 2.86. The summed E-state index contributed by atoms with van der Waals surface area (Å²) in [6, 6.07) is 4.99. The molecule has 2 rings (SSSR count). The zero-order valence-corrected chi connectivity index (χ0v) is 13.0. The number of hydrogen-bond donors (Lipinski definition) is 2. The van der Waals surface area contributed by atoms with E-state index in [1.54, 1.807) is 37.5 Å². The van der Waals surface area contributed by atoms with Crippen molar-refractivity contribution in [2.24, 2.45) is 5.73 Å². The summed E-state index contributed by atoms with van der Waals surface area (Å²) >= 11 is 0. The zero-order valence-electron chi connectivity index (χ0n) is 12.2. The van der Waals surface area contributed by atoms with Crippen LogP contribution in [0.1, 0.15) is 24.7 Å². The molecule has 0 radical (unpaired) electrons. The van der Waals surface area contributed by atoms with E-state index in [4.69, 9.17) is 5.73 Å². The van der Waals surface area contributed by atoms with E-state index in [0.717, 1.165) is 18.7 Å². The van der Waals surface area contributed by atoms with Crippen molar-refractivity contribution in [1.29, 1.82) is 0 Å². The van der Waals surface area contributed by atoms with E-state index < -0.39 is 10.0 Å². The Morgan fingerprint density at radius 3 is 2.81 bits per heavy atom. The number of aromatic nitrogens is 2. The molecular formula is C14H20N4O2S. The Kier molecular flexibility index (Phi) is 4.64. The van der Waals surface area contributed by atoms with Gasteiger partial charge in [-0.05, 0) is 31.5 Å². The standard InChI is InChI=1S/C14H20N4O2S/c1-3-7-18-10-13(8-12(18)9-15)21(19,20)17-14-5-4-6-16-11(14)2/h4-6,8,10,17H,3,7,9,15H2,1-2H3. The number of nitrogens with one attached hydrogen (secondary N) is 1. The first-order valence-electron chi connectivity index (χ1n) is 6.81. The minimum atomic E-state index is -3.63. The summed E-state index contributed by atoms with van der Waals surface area (Å²) in [5.41, 5.74) is 7.59. The molecule has 2 aromatic rings. The van der Waals surface area contributed by atoms with Crippen LogP contribution in [-0.2, 0) is 23.1 Å². The SMILES string of the molecule is CCCn1cc(S(=O)(=O)Nc2cccnc2C)cc1CN. The number of rotatable bonds is 6. The smallest absolute Gasteiger partial charge is 0.263 e. The Morgan fingerprint density at radius 1 is 1.43 bits per heavy atom. The molecule has 0 bridgehead atoms. The molecule has 0 saturated heterocycles. The van der Waals surface area contributed by atoms with Crippen LogP contribution in [-0.4, -0.2) is 18.0 Å². The summed E-state index contributed by atoms with van der Waals surface area (Å²) in [6.45, 7) is 4.84. The number of nitrogens with two attached hydrogens (primary N) is 1. The van der Waals surface area contributed by atoms with Gasteiger partial charge in [-0.3, -0.25) is 9.71 Å². The molecule has 21 heavy (non-hydrogen) atoms. The third-order valence-corrected chi connectivity index (χ3v) is 4.53. The molecule has 0 fully saturated rings. The van der Waals surface area contributed by atoms with E-state index in [-0.39, 0.29) is 4.90 Å². The van der Waals surface area contributed by atoms with Gasteiger partial charge in [0.25, 0.3) is 10.0 Å². The maximum Gasteiger partial charge on any atom is 0.263 e. The number of nitrogens with zero attached hydrogens (tertiary/aromatic N) is 2. The molecule has 0 saturated carbocycles. The van der Waals surface area contributed by atoms with Crippen molar-refractivity contribution in [3.63, 3.8) is 0 Å². The van der Waals surface area contributed by atoms with Crippen LogP contribution in [0.3, 0.4) is 0 Å². The van der Waals surface area contributed by atoms with E-state index in [2.05, 4.69) is 9.71 Å². The van der Waals surface area contributed by atoms with Crippen molar-refractivity contribution < 1.29 is 8.42 Å². The summed E-state index contributed by atoms with van der Waals surface area (Å²) < 4.78 is 29.3. The molecule has 0 spiro atoms. The predicted molar refractivity (Wildman–Crippen MR) is 82.4 cm³/mol. The van der Waals surface area contributed by atoms with Crippen LogP contribution in [0.2, 0.25) is 0 Å². The lowest BCUT2D eigenvalue weighted by Crippen LogP contribution is -2.13. The largest absolute Gasteiger partial charge is 0.349 e. The molecule has 2 aromatic heterocycles. The van der Waals surface area contributed by atoms with E-state index in [1.807, 2.05) is 11.5 Å². The summed E-state index contributed by atoms with van der Waals surface area (Å²) in [7, 11) is -3.63. The second kappa shape index (κ2) is 6.28. The van der Waals surface area contributed by atoms with Gasteiger partial charge in [0.15, 0.2) is 0 Å². The van der Waals surface area contributed by atoms with Crippen LogP contribution >= 0.6 is 0 Å². The maximum atomic E-state index is 12.4. The van der Waals surface area contributed by atoms with E-state index in [0.29, 0.717) is 17.9 Å². The molecule has 114 valence electrons. The van der Waals surface area contributed by atoms with Gasteiger partial charge in [0, 0.05) is 31.2 Å². The Hall–Kier alpha value is -1.86. The van der Waals surface area contributed by atoms with Crippen molar-refractivity contribution in [3.05, 3.63) is 42.0 Å². The lowest BCUT2D eigenvalue weighted by Gasteiger charge is -2.08. The molecule has 7 heteroatoms. The Labute approximate surface area is 125 Å². The highest BCUT2D eigenvalue weighted by molar-refractivity contribution is 7.92. The minimum Gasteiger partial charge on any atom is -0.349 e. The summed E-state index contributed by atoms with van der Waals surface area (Å²) in [4.78, 5) is 4.30. The molecule has 6 nitrogen and oxygen atoms in total. The highest BCUT2D eigenvalue weighted by atomic mass is 32.2. The molecule has 0 unspecified atom stereocenters. The highest BCUT2D eigenvalue weighted by Gasteiger charge is 2.19. The van der Waals surface area contributed by atoms with Crippen molar-refractivity contribution in [1.82, 2.24) is 9.55 Å². The second-order valence-electron chi connectivity index (χ2n) is 4.81. The number of hydrogen-bond acceptors (Lipinski definition) is 4. The number of sulfonamides is 1. The fourth-order valence-electron chi connectivity index (χ4n) is 2.09. The fraction of sp³-hybridized carbons (Fsp3) is 0.357. The number of pyridine rings is 1. The molecular weight excluding hydrogens is 288 g/mol. The van der Waals surface area contributed by atoms with Gasteiger partial charge in [-0.2, -0.15) is 0 Å². The normalized spacial score (nSPS) is 11.6. The molecule has 0 aliphatic carbocycles. The Morgan fingerprint density at radius 2 is 2.19 bits per heavy atom. The van der Waals surface area contributed by atoms with Crippen molar-refractivity contribution in [2.45, 2.75) is 38.3 Å². The first-order valence-corrected chi connectivity index (χ1v) is 8.29. The van der Waals surface area contributed by atoms with Crippen LogP contribution in [0.15, 0.2) is 35.5 Å². The zero-order chi connectivity index (χ0) is 15.5. The van der Waals surface area contributed by atoms with Crippen molar-refractivity contribution in [3.8, 4) is 0 Å². The fourth-order valence-corrected chi connectivity index (χ4v) is 3.27. The van der Waals surface area contributed by atoms with Gasteiger partial charge in [0.1, 0.15) is 4.90 Å². The third-order valence-electron chi connectivity index (χ3n) is 3.20. The molecule has 2 heterocycles.